The Hall–Kier alpha value is -3.01. The highest BCUT2D eigenvalue weighted by atomic mass is 32.1. The van der Waals surface area contributed by atoms with Gasteiger partial charge in [0.1, 0.15) is 0 Å². The Balaban J connectivity index is 1.45. The van der Waals surface area contributed by atoms with Gasteiger partial charge >= 0.3 is 0 Å². The standard InChI is InChI=1S/C28H33N3O5S/c1-27-11-10-22(33)28(2,16-32)21(27)14-20-24(30-26(37-20)31-25(35)19-9-6-12-36-19)18(27)13-23(34)29-15-17-7-4-3-5-8-17/h3-9,12,18,21-22,32-33H,10-11,13-16H2,1-2H3,(H,29,34)(H,30,31,35). The maximum Gasteiger partial charge on any atom is 0.293 e. The lowest BCUT2D eigenvalue weighted by Crippen LogP contribution is -2.57. The number of benzene rings is 1. The number of anilines is 1. The average molecular weight is 524 g/mol. The second-order valence-corrected chi connectivity index (χ2v) is 11.8. The van der Waals surface area contributed by atoms with Crippen LogP contribution in [0.4, 0.5) is 5.13 Å². The second-order valence-electron chi connectivity index (χ2n) is 10.8. The number of aromatic nitrogens is 1. The van der Waals surface area contributed by atoms with E-state index in [0.29, 0.717) is 24.5 Å². The van der Waals surface area contributed by atoms with Gasteiger partial charge in [-0.25, -0.2) is 4.98 Å². The molecule has 8 nitrogen and oxygen atoms in total. The Labute approximate surface area is 220 Å². The van der Waals surface area contributed by atoms with Gasteiger partial charge in [0.15, 0.2) is 10.9 Å². The molecule has 3 aromatic rings. The number of nitrogens with zero attached hydrogens (tertiary/aromatic N) is 1. The second kappa shape index (κ2) is 10.0. The van der Waals surface area contributed by atoms with E-state index >= 15 is 0 Å². The summed E-state index contributed by atoms with van der Waals surface area (Å²) in [6, 6.07) is 13.0. The van der Waals surface area contributed by atoms with E-state index in [-0.39, 0.29) is 47.9 Å². The van der Waals surface area contributed by atoms with Crippen molar-refractivity contribution in [2.24, 2.45) is 16.7 Å². The van der Waals surface area contributed by atoms with Crippen LogP contribution >= 0.6 is 11.3 Å². The van der Waals surface area contributed by atoms with Gasteiger partial charge in [0.05, 0.1) is 24.7 Å². The van der Waals surface area contributed by atoms with E-state index in [1.165, 1.54) is 17.6 Å². The smallest absolute Gasteiger partial charge is 0.293 e. The number of aliphatic hydroxyl groups excluding tert-OH is 2. The monoisotopic (exact) mass is 523 g/mol. The van der Waals surface area contributed by atoms with Gasteiger partial charge in [0.25, 0.3) is 5.91 Å². The molecule has 5 unspecified atom stereocenters. The van der Waals surface area contributed by atoms with Crippen molar-refractivity contribution in [1.82, 2.24) is 10.3 Å². The van der Waals surface area contributed by atoms with Gasteiger partial charge in [-0.05, 0) is 48.3 Å². The first-order chi connectivity index (χ1) is 17.7. The van der Waals surface area contributed by atoms with E-state index < -0.39 is 11.5 Å². The van der Waals surface area contributed by atoms with Gasteiger partial charge in [-0.1, -0.05) is 44.2 Å². The van der Waals surface area contributed by atoms with E-state index in [9.17, 15) is 19.8 Å². The van der Waals surface area contributed by atoms with Gasteiger partial charge in [-0.3, -0.25) is 14.9 Å². The number of rotatable bonds is 7. The molecule has 1 saturated carbocycles. The molecule has 4 N–H and O–H groups in total. The van der Waals surface area contributed by atoms with Gasteiger partial charge in [0, 0.05) is 29.2 Å². The predicted molar refractivity (Wildman–Crippen MR) is 140 cm³/mol. The Bertz CT molecular complexity index is 1260. The van der Waals surface area contributed by atoms with E-state index in [0.717, 1.165) is 22.6 Å². The van der Waals surface area contributed by atoms with E-state index in [1.807, 2.05) is 37.3 Å². The Kier molecular flexibility index (Phi) is 6.95. The summed E-state index contributed by atoms with van der Waals surface area (Å²) in [6.45, 7) is 4.40. The summed E-state index contributed by atoms with van der Waals surface area (Å²) in [5, 5.41) is 27.7. The highest BCUT2D eigenvalue weighted by Gasteiger charge is 2.59. The molecular weight excluding hydrogens is 490 g/mol. The molecule has 2 aliphatic rings. The first-order valence-electron chi connectivity index (χ1n) is 12.7. The summed E-state index contributed by atoms with van der Waals surface area (Å²) in [5.41, 5.74) is 0.786. The zero-order chi connectivity index (χ0) is 26.2. The maximum absolute atomic E-state index is 13.2. The summed E-state index contributed by atoms with van der Waals surface area (Å²) in [7, 11) is 0. The number of carbonyl (C=O) groups is 2. The Morgan fingerprint density at radius 1 is 1.19 bits per heavy atom. The molecular formula is C28H33N3O5S. The van der Waals surface area contributed by atoms with Crippen molar-refractivity contribution in [3.63, 3.8) is 0 Å². The van der Waals surface area contributed by atoms with Gasteiger partial charge < -0.3 is 19.9 Å². The minimum absolute atomic E-state index is 0.0535. The average Bonchev–Trinajstić information content (AvgIpc) is 3.57. The SMILES string of the molecule is CC1(CO)C(O)CCC2(C)C(CC(=O)NCc3ccccc3)c3nc(NC(=O)c4ccco4)sc3CC12. The van der Waals surface area contributed by atoms with Crippen molar-refractivity contribution in [2.45, 2.75) is 58.1 Å². The van der Waals surface area contributed by atoms with Crippen molar-refractivity contribution in [2.75, 3.05) is 11.9 Å². The number of carbonyl (C=O) groups excluding carboxylic acids is 2. The minimum Gasteiger partial charge on any atom is -0.459 e. The third-order valence-corrected chi connectivity index (χ3v) is 9.59. The van der Waals surface area contributed by atoms with Crippen LogP contribution in [0.1, 0.15) is 65.7 Å². The number of fused-ring (bicyclic) bond motifs is 2. The summed E-state index contributed by atoms with van der Waals surface area (Å²) >= 11 is 1.39. The fraction of sp³-hybridized carbons (Fsp3) is 0.464. The van der Waals surface area contributed by atoms with Crippen LogP contribution in [0.15, 0.2) is 53.1 Å². The molecule has 37 heavy (non-hydrogen) atoms. The highest BCUT2D eigenvalue weighted by Crippen LogP contribution is 2.62. The van der Waals surface area contributed by atoms with E-state index in [2.05, 4.69) is 17.6 Å². The van der Waals surface area contributed by atoms with Crippen LogP contribution in [-0.4, -0.2) is 39.7 Å². The van der Waals surface area contributed by atoms with Crippen molar-refractivity contribution in [3.8, 4) is 0 Å². The zero-order valence-electron chi connectivity index (χ0n) is 21.1. The van der Waals surface area contributed by atoms with E-state index in [1.54, 1.807) is 12.1 Å². The number of furan rings is 1. The van der Waals surface area contributed by atoms with Crippen molar-refractivity contribution >= 4 is 28.3 Å². The summed E-state index contributed by atoms with van der Waals surface area (Å²) in [5.74, 6) is -0.537. The van der Waals surface area contributed by atoms with Crippen molar-refractivity contribution < 1.29 is 24.2 Å². The lowest BCUT2D eigenvalue weighted by Gasteiger charge is -2.58. The number of thiazole rings is 1. The van der Waals surface area contributed by atoms with Crippen LogP contribution in [0, 0.1) is 16.7 Å². The summed E-state index contributed by atoms with van der Waals surface area (Å²) < 4.78 is 5.21. The largest absolute Gasteiger partial charge is 0.459 e. The molecule has 5 atom stereocenters. The molecule has 2 aliphatic carbocycles. The topological polar surface area (TPSA) is 125 Å². The fourth-order valence-corrected chi connectivity index (χ4v) is 7.38. The third kappa shape index (κ3) is 4.71. The Morgan fingerprint density at radius 2 is 1.97 bits per heavy atom. The normalized spacial score (nSPS) is 28.7. The third-order valence-electron chi connectivity index (χ3n) is 8.58. The van der Waals surface area contributed by atoms with E-state index in [4.69, 9.17) is 9.40 Å². The quantitative estimate of drug-likeness (QED) is 0.369. The van der Waals surface area contributed by atoms with Crippen LogP contribution in [0.3, 0.4) is 0 Å². The first-order valence-corrected chi connectivity index (χ1v) is 13.5. The van der Waals surface area contributed by atoms with Gasteiger partial charge in [-0.15, -0.1) is 11.3 Å². The van der Waals surface area contributed by atoms with Gasteiger partial charge in [-0.2, -0.15) is 0 Å². The summed E-state index contributed by atoms with van der Waals surface area (Å²) in [6.07, 6.45) is 2.94. The van der Waals surface area contributed by atoms with Crippen LogP contribution in [0.5, 0.6) is 0 Å². The molecule has 0 aliphatic heterocycles. The van der Waals surface area contributed by atoms with Crippen LogP contribution in [0.25, 0.3) is 0 Å². The first kappa shape index (κ1) is 25.6. The number of amides is 2. The lowest BCUT2D eigenvalue weighted by molar-refractivity contribution is -0.144. The number of nitrogens with one attached hydrogen (secondary N) is 2. The van der Waals surface area contributed by atoms with Crippen molar-refractivity contribution in [1.29, 1.82) is 0 Å². The molecule has 2 aromatic heterocycles. The molecule has 0 bridgehead atoms. The molecule has 196 valence electrons. The van der Waals surface area contributed by atoms with Crippen LogP contribution in [0.2, 0.25) is 0 Å². The maximum atomic E-state index is 13.2. The molecule has 0 radical (unpaired) electrons. The minimum atomic E-state index is -0.703. The lowest BCUT2D eigenvalue weighted by atomic mass is 9.47. The molecule has 2 amide bonds. The van der Waals surface area contributed by atoms with Gasteiger partial charge in [0.2, 0.25) is 5.91 Å². The molecule has 5 rings (SSSR count). The number of aliphatic hydroxyl groups is 2. The molecule has 2 heterocycles. The molecule has 1 fully saturated rings. The fourth-order valence-electron chi connectivity index (χ4n) is 6.32. The number of hydrogen-bond donors (Lipinski definition) is 4. The molecule has 0 saturated heterocycles. The molecule has 9 heteroatoms. The molecule has 1 aromatic carbocycles. The highest BCUT2D eigenvalue weighted by molar-refractivity contribution is 7.15. The predicted octanol–water partition coefficient (Wildman–Crippen LogP) is 4.11. The van der Waals surface area contributed by atoms with Crippen LogP contribution in [-0.2, 0) is 17.8 Å². The number of hydrogen-bond acceptors (Lipinski definition) is 7. The Morgan fingerprint density at radius 3 is 2.68 bits per heavy atom. The van der Waals surface area contributed by atoms with Crippen molar-refractivity contribution in [3.05, 3.63) is 70.6 Å². The summed E-state index contributed by atoms with van der Waals surface area (Å²) in [4.78, 5) is 31.6. The zero-order valence-corrected chi connectivity index (χ0v) is 21.9. The van der Waals surface area contributed by atoms with Crippen LogP contribution < -0.4 is 10.6 Å². The molecule has 0 spiro atoms.